The van der Waals surface area contributed by atoms with E-state index >= 15 is 0 Å². The average molecular weight is 239 g/mol. The molecule has 2 fully saturated rings. The summed E-state index contributed by atoms with van der Waals surface area (Å²) in [6.07, 6.45) is 7.40. The summed E-state index contributed by atoms with van der Waals surface area (Å²) in [6, 6.07) is 0.448. The molecule has 0 amide bonds. The van der Waals surface area contributed by atoms with Crippen molar-refractivity contribution in [2.24, 2.45) is 5.92 Å². The van der Waals surface area contributed by atoms with Crippen molar-refractivity contribution >= 4 is 5.97 Å². The van der Waals surface area contributed by atoms with Crippen molar-refractivity contribution in [3.63, 3.8) is 0 Å². The Hall–Kier alpha value is -0.570. The lowest BCUT2D eigenvalue weighted by Gasteiger charge is -2.45. The molecular formula is C14H25NO2. The third kappa shape index (κ3) is 2.22. The van der Waals surface area contributed by atoms with E-state index < -0.39 is 11.5 Å². The molecule has 1 N–H and O–H groups in total. The van der Waals surface area contributed by atoms with Gasteiger partial charge in [-0.25, -0.2) is 0 Å². The quantitative estimate of drug-likeness (QED) is 0.823. The van der Waals surface area contributed by atoms with Crippen LogP contribution in [0.1, 0.15) is 58.8 Å². The molecule has 1 unspecified atom stereocenters. The van der Waals surface area contributed by atoms with E-state index in [1.807, 2.05) is 0 Å². The summed E-state index contributed by atoms with van der Waals surface area (Å²) >= 11 is 0. The molecule has 2 rings (SSSR count). The fraction of sp³-hybridized carbons (Fsp3) is 0.929. The lowest BCUT2D eigenvalue weighted by Crippen LogP contribution is -2.57. The zero-order valence-corrected chi connectivity index (χ0v) is 11.1. The maximum atomic E-state index is 11.8. The van der Waals surface area contributed by atoms with Gasteiger partial charge in [0.15, 0.2) is 0 Å². The molecule has 0 aromatic carbocycles. The van der Waals surface area contributed by atoms with Gasteiger partial charge in [0.25, 0.3) is 0 Å². The van der Waals surface area contributed by atoms with Crippen LogP contribution in [-0.4, -0.2) is 34.1 Å². The Morgan fingerprint density at radius 1 is 1.35 bits per heavy atom. The van der Waals surface area contributed by atoms with Gasteiger partial charge in [0.2, 0.25) is 0 Å². The summed E-state index contributed by atoms with van der Waals surface area (Å²) in [7, 11) is 0. The molecule has 1 saturated carbocycles. The first-order valence-corrected chi connectivity index (χ1v) is 7.10. The number of rotatable bonds is 3. The van der Waals surface area contributed by atoms with E-state index in [9.17, 15) is 9.90 Å². The normalized spacial score (nSPS) is 39.4. The molecule has 0 aromatic rings. The molecule has 1 aliphatic carbocycles. The van der Waals surface area contributed by atoms with Gasteiger partial charge in [0, 0.05) is 6.04 Å². The Morgan fingerprint density at radius 2 is 2.00 bits per heavy atom. The molecule has 17 heavy (non-hydrogen) atoms. The number of carbonyl (C=O) groups is 1. The molecular weight excluding hydrogens is 214 g/mol. The number of aliphatic carboxylic acids is 1. The molecule has 2 aliphatic rings. The van der Waals surface area contributed by atoms with Gasteiger partial charge in [0.05, 0.1) is 0 Å². The lowest BCUT2D eigenvalue weighted by atomic mass is 9.74. The van der Waals surface area contributed by atoms with Gasteiger partial charge >= 0.3 is 5.97 Å². The van der Waals surface area contributed by atoms with Crippen LogP contribution in [0, 0.1) is 5.92 Å². The average Bonchev–Trinajstić information content (AvgIpc) is 2.76. The molecule has 1 aliphatic heterocycles. The smallest absolute Gasteiger partial charge is 0.324 e. The molecule has 0 spiro atoms. The van der Waals surface area contributed by atoms with Gasteiger partial charge in [-0.2, -0.15) is 0 Å². The summed E-state index contributed by atoms with van der Waals surface area (Å²) in [5, 5.41) is 9.68. The van der Waals surface area contributed by atoms with Crippen LogP contribution in [-0.2, 0) is 4.79 Å². The van der Waals surface area contributed by atoms with Crippen LogP contribution in [0.25, 0.3) is 0 Å². The minimum Gasteiger partial charge on any atom is -0.480 e. The first kappa shape index (κ1) is 12.9. The van der Waals surface area contributed by atoms with Gasteiger partial charge in [-0.1, -0.05) is 13.3 Å². The number of hydrogen-bond donors (Lipinski definition) is 1. The minimum atomic E-state index is -0.583. The molecule has 1 heterocycles. The maximum Gasteiger partial charge on any atom is 0.324 e. The Balaban J connectivity index is 2.14. The molecule has 3 heteroatoms. The summed E-state index contributed by atoms with van der Waals surface area (Å²) in [5.74, 6) is 0.168. The molecule has 98 valence electrons. The van der Waals surface area contributed by atoms with Gasteiger partial charge in [-0.15, -0.1) is 0 Å². The van der Waals surface area contributed by atoms with Crippen molar-refractivity contribution in [2.45, 2.75) is 70.4 Å². The summed E-state index contributed by atoms with van der Waals surface area (Å²) in [5.41, 5.74) is -0.540. The van der Waals surface area contributed by atoms with Gasteiger partial charge in [-0.05, 0) is 57.9 Å². The molecule has 1 saturated heterocycles. The molecule has 0 aromatic heterocycles. The lowest BCUT2D eigenvalue weighted by molar-refractivity contribution is -0.155. The third-order valence-corrected chi connectivity index (χ3v) is 5.01. The van der Waals surface area contributed by atoms with Crippen molar-refractivity contribution in [3.8, 4) is 0 Å². The number of hydrogen-bond acceptors (Lipinski definition) is 2. The van der Waals surface area contributed by atoms with Crippen molar-refractivity contribution in [1.29, 1.82) is 0 Å². The van der Waals surface area contributed by atoms with Gasteiger partial charge in [0.1, 0.15) is 5.54 Å². The standard InChI is InChI=1S/C14H25NO2/c1-3-12-6-8-14(9-7-12,13(16)17)15-10-4-5-11(15)2/h11-12H,3-10H2,1-2H3,(H,16,17). The summed E-state index contributed by atoms with van der Waals surface area (Å²) in [4.78, 5) is 14.0. The molecule has 0 radical (unpaired) electrons. The monoisotopic (exact) mass is 239 g/mol. The second kappa shape index (κ2) is 4.97. The van der Waals surface area contributed by atoms with E-state index in [1.165, 1.54) is 6.42 Å². The topological polar surface area (TPSA) is 40.5 Å². The van der Waals surface area contributed by atoms with Crippen LogP contribution in [0.4, 0.5) is 0 Å². The van der Waals surface area contributed by atoms with Crippen LogP contribution in [0.3, 0.4) is 0 Å². The van der Waals surface area contributed by atoms with E-state index in [1.54, 1.807) is 0 Å². The number of nitrogens with zero attached hydrogens (tertiary/aromatic N) is 1. The van der Waals surface area contributed by atoms with E-state index in [0.29, 0.717) is 6.04 Å². The van der Waals surface area contributed by atoms with E-state index in [-0.39, 0.29) is 0 Å². The van der Waals surface area contributed by atoms with Crippen LogP contribution >= 0.6 is 0 Å². The van der Waals surface area contributed by atoms with Crippen molar-refractivity contribution in [1.82, 2.24) is 4.90 Å². The highest BCUT2D eigenvalue weighted by atomic mass is 16.4. The first-order valence-electron chi connectivity index (χ1n) is 7.10. The highest BCUT2D eigenvalue weighted by molar-refractivity contribution is 5.79. The van der Waals surface area contributed by atoms with Crippen LogP contribution in [0.15, 0.2) is 0 Å². The minimum absolute atomic E-state index is 0.448. The van der Waals surface area contributed by atoms with E-state index in [4.69, 9.17) is 0 Å². The van der Waals surface area contributed by atoms with E-state index in [2.05, 4.69) is 18.7 Å². The largest absolute Gasteiger partial charge is 0.480 e. The highest BCUT2D eigenvalue weighted by Crippen LogP contribution is 2.41. The third-order valence-electron chi connectivity index (χ3n) is 5.01. The fourth-order valence-electron chi connectivity index (χ4n) is 3.76. The molecule has 1 atom stereocenters. The Labute approximate surface area is 104 Å². The predicted molar refractivity (Wildman–Crippen MR) is 68.0 cm³/mol. The van der Waals surface area contributed by atoms with Gasteiger partial charge < -0.3 is 5.11 Å². The zero-order chi connectivity index (χ0) is 12.5. The number of carboxylic acids is 1. The van der Waals surface area contributed by atoms with Crippen LogP contribution in [0.2, 0.25) is 0 Å². The Kier molecular flexibility index (Phi) is 3.76. The zero-order valence-electron chi connectivity index (χ0n) is 11.1. The van der Waals surface area contributed by atoms with Crippen LogP contribution < -0.4 is 0 Å². The second-order valence-electron chi connectivity index (χ2n) is 5.87. The Morgan fingerprint density at radius 3 is 2.41 bits per heavy atom. The van der Waals surface area contributed by atoms with Crippen LogP contribution in [0.5, 0.6) is 0 Å². The van der Waals surface area contributed by atoms with E-state index in [0.717, 1.165) is 51.0 Å². The maximum absolute atomic E-state index is 11.8. The van der Waals surface area contributed by atoms with Gasteiger partial charge in [-0.3, -0.25) is 9.69 Å². The predicted octanol–water partition coefficient (Wildman–Crippen LogP) is 2.89. The summed E-state index contributed by atoms with van der Waals surface area (Å²) < 4.78 is 0. The number of likely N-dealkylation sites (tertiary alicyclic amines) is 1. The fourth-order valence-corrected chi connectivity index (χ4v) is 3.76. The van der Waals surface area contributed by atoms with Crippen molar-refractivity contribution < 1.29 is 9.90 Å². The second-order valence-corrected chi connectivity index (χ2v) is 5.87. The van der Waals surface area contributed by atoms with Crippen molar-refractivity contribution in [3.05, 3.63) is 0 Å². The summed E-state index contributed by atoms with van der Waals surface area (Å²) in [6.45, 7) is 5.38. The Bertz CT molecular complexity index is 282. The SMILES string of the molecule is CCC1CCC(C(=O)O)(N2CCCC2C)CC1. The molecule has 3 nitrogen and oxygen atoms in total. The number of carboxylic acid groups (broad SMARTS) is 1. The molecule has 0 bridgehead atoms. The highest BCUT2D eigenvalue weighted by Gasteiger charge is 2.49. The van der Waals surface area contributed by atoms with Crippen molar-refractivity contribution in [2.75, 3.05) is 6.54 Å². The first-order chi connectivity index (χ1) is 8.10.